The van der Waals surface area contributed by atoms with Crippen LogP contribution in [0.4, 0.5) is 5.69 Å². The minimum absolute atomic E-state index is 0.0136. The van der Waals surface area contributed by atoms with Crippen LogP contribution in [0.15, 0.2) is 46.1 Å². The number of carbonyl (C=O) groups excluding carboxylic acids is 1. The number of aryl methyl sites for hydroxylation is 1. The van der Waals surface area contributed by atoms with E-state index < -0.39 is 10.0 Å². The Morgan fingerprint density at radius 2 is 1.97 bits per heavy atom. The number of amides is 1. The van der Waals surface area contributed by atoms with Crippen molar-refractivity contribution >= 4 is 54.8 Å². The molecule has 0 unspecified atom stereocenters. The number of morpholine rings is 1. The van der Waals surface area contributed by atoms with E-state index in [0.717, 1.165) is 11.3 Å². The molecule has 1 aromatic heterocycles. The first-order chi connectivity index (χ1) is 15.8. The number of ether oxygens (including phenoxy) is 2. The zero-order valence-corrected chi connectivity index (χ0v) is 20.1. The van der Waals surface area contributed by atoms with Gasteiger partial charge in [-0.1, -0.05) is 22.9 Å². The Balaban J connectivity index is 1.53. The lowest BCUT2D eigenvalue weighted by atomic mass is 10.3. The summed E-state index contributed by atoms with van der Waals surface area (Å²) in [6.07, 6.45) is 0.186. The molecule has 0 atom stereocenters. The normalized spacial score (nSPS) is 14.4. The van der Waals surface area contributed by atoms with Gasteiger partial charge in [0.25, 0.3) is 10.0 Å². The number of hydrogen-bond acceptors (Lipinski definition) is 7. The van der Waals surface area contributed by atoms with E-state index in [1.54, 1.807) is 23.1 Å². The summed E-state index contributed by atoms with van der Waals surface area (Å²) in [5, 5.41) is 0.273. The molecule has 1 N–H and O–H groups in total. The number of aromatic nitrogens is 1. The second kappa shape index (κ2) is 9.72. The van der Waals surface area contributed by atoms with Gasteiger partial charge >= 0.3 is 4.87 Å². The molecule has 0 bridgehead atoms. The number of benzene rings is 2. The molecule has 1 fully saturated rings. The van der Waals surface area contributed by atoms with Gasteiger partial charge < -0.3 is 14.4 Å². The van der Waals surface area contributed by atoms with Crippen molar-refractivity contribution in [1.29, 1.82) is 0 Å². The average Bonchev–Trinajstić information content (AvgIpc) is 3.12. The van der Waals surface area contributed by atoms with E-state index in [0.29, 0.717) is 42.3 Å². The van der Waals surface area contributed by atoms with E-state index >= 15 is 0 Å². The predicted molar refractivity (Wildman–Crippen MR) is 127 cm³/mol. The topological polar surface area (TPSA) is 107 Å². The smallest absolute Gasteiger partial charge is 0.308 e. The third kappa shape index (κ3) is 5.16. The second-order valence-corrected chi connectivity index (χ2v) is 10.4. The molecule has 2 heterocycles. The summed E-state index contributed by atoms with van der Waals surface area (Å²) in [6, 6.07) is 9.03. The minimum Gasteiger partial charge on any atom is -0.495 e. The molecular weight excluding hydrogens is 490 g/mol. The molecule has 9 nitrogen and oxygen atoms in total. The molecule has 0 spiro atoms. The number of sulfonamides is 1. The lowest BCUT2D eigenvalue weighted by Gasteiger charge is -2.26. The molecule has 1 aliphatic rings. The second-order valence-electron chi connectivity index (χ2n) is 7.35. The lowest BCUT2D eigenvalue weighted by molar-refractivity contribution is -0.135. The maximum atomic E-state index is 12.9. The van der Waals surface area contributed by atoms with Crippen LogP contribution < -0.4 is 14.3 Å². The fourth-order valence-corrected chi connectivity index (χ4v) is 5.91. The van der Waals surface area contributed by atoms with Crippen LogP contribution in [0.2, 0.25) is 5.02 Å². The van der Waals surface area contributed by atoms with E-state index in [2.05, 4.69) is 4.72 Å². The highest BCUT2D eigenvalue weighted by Crippen LogP contribution is 2.29. The molecule has 4 rings (SSSR count). The van der Waals surface area contributed by atoms with E-state index in [9.17, 15) is 18.0 Å². The van der Waals surface area contributed by atoms with Gasteiger partial charge in [0.05, 0.1) is 46.1 Å². The van der Waals surface area contributed by atoms with Crippen molar-refractivity contribution in [2.45, 2.75) is 17.9 Å². The molecule has 1 saturated heterocycles. The average molecular weight is 512 g/mol. The van der Waals surface area contributed by atoms with Crippen molar-refractivity contribution in [1.82, 2.24) is 9.47 Å². The van der Waals surface area contributed by atoms with Crippen LogP contribution in [0.3, 0.4) is 0 Å². The summed E-state index contributed by atoms with van der Waals surface area (Å²) >= 11 is 7.02. The third-order valence-electron chi connectivity index (χ3n) is 5.27. The van der Waals surface area contributed by atoms with Crippen LogP contribution in [0.1, 0.15) is 6.42 Å². The highest BCUT2D eigenvalue weighted by atomic mass is 35.5. The van der Waals surface area contributed by atoms with Crippen LogP contribution in [0, 0.1) is 0 Å². The number of anilines is 1. The quantitative estimate of drug-likeness (QED) is 0.522. The first kappa shape index (κ1) is 23.6. The third-order valence-corrected chi connectivity index (χ3v) is 7.88. The Bertz CT molecular complexity index is 1350. The SMILES string of the molecule is COc1ccc(NS(=O)(=O)c2ccc3c(c2)sc(=O)n3CCC(=O)N2CCOCC2)cc1Cl. The molecule has 0 saturated carbocycles. The maximum absolute atomic E-state index is 12.9. The number of rotatable bonds is 7. The molecule has 1 amide bonds. The molecule has 2 aromatic carbocycles. The first-order valence-electron chi connectivity index (χ1n) is 10.1. The van der Waals surface area contributed by atoms with Gasteiger partial charge in [-0.05, 0) is 36.4 Å². The van der Waals surface area contributed by atoms with Gasteiger partial charge in [0, 0.05) is 26.1 Å². The molecule has 0 aliphatic carbocycles. The monoisotopic (exact) mass is 511 g/mol. The maximum Gasteiger partial charge on any atom is 0.308 e. The van der Waals surface area contributed by atoms with Crippen LogP contribution in [-0.4, -0.2) is 57.2 Å². The Kier molecular flexibility index (Phi) is 6.94. The summed E-state index contributed by atoms with van der Waals surface area (Å²) in [5.41, 5.74) is 0.875. The predicted octanol–water partition coefficient (Wildman–Crippen LogP) is 2.77. The van der Waals surface area contributed by atoms with Crippen molar-refractivity contribution in [3.63, 3.8) is 0 Å². The lowest BCUT2D eigenvalue weighted by Crippen LogP contribution is -2.41. The van der Waals surface area contributed by atoms with Crippen LogP contribution in [0.5, 0.6) is 5.75 Å². The van der Waals surface area contributed by atoms with E-state index in [1.165, 1.54) is 29.9 Å². The molecule has 12 heteroatoms. The molecule has 0 radical (unpaired) electrons. The Morgan fingerprint density at radius 3 is 2.67 bits per heavy atom. The fraction of sp³-hybridized carbons (Fsp3) is 0.333. The Morgan fingerprint density at radius 1 is 1.21 bits per heavy atom. The van der Waals surface area contributed by atoms with Crippen LogP contribution in [-0.2, 0) is 26.1 Å². The number of nitrogens with zero attached hydrogens (tertiary/aromatic N) is 2. The molecule has 176 valence electrons. The summed E-state index contributed by atoms with van der Waals surface area (Å²) in [7, 11) is -2.44. The van der Waals surface area contributed by atoms with Gasteiger partial charge in [0.1, 0.15) is 5.75 Å². The van der Waals surface area contributed by atoms with E-state index in [1.807, 2.05) is 0 Å². The summed E-state index contributed by atoms with van der Waals surface area (Å²) < 4.78 is 40.6. The fourth-order valence-electron chi connectivity index (χ4n) is 3.55. The number of fused-ring (bicyclic) bond motifs is 1. The van der Waals surface area contributed by atoms with Crippen molar-refractivity contribution in [3.8, 4) is 5.75 Å². The zero-order valence-electron chi connectivity index (χ0n) is 17.7. The number of thiazole rings is 1. The minimum atomic E-state index is -3.91. The number of methoxy groups -OCH3 is 1. The van der Waals surface area contributed by atoms with Crippen molar-refractivity contribution < 1.29 is 22.7 Å². The van der Waals surface area contributed by atoms with E-state index in [-0.39, 0.29) is 39.4 Å². The first-order valence-corrected chi connectivity index (χ1v) is 12.8. The zero-order chi connectivity index (χ0) is 23.6. The van der Waals surface area contributed by atoms with E-state index in [4.69, 9.17) is 21.1 Å². The van der Waals surface area contributed by atoms with Crippen molar-refractivity contribution in [2.75, 3.05) is 38.1 Å². The number of hydrogen-bond donors (Lipinski definition) is 1. The molecule has 3 aromatic rings. The van der Waals surface area contributed by atoms with Gasteiger partial charge in [-0.15, -0.1) is 0 Å². The van der Waals surface area contributed by atoms with Crippen LogP contribution >= 0.6 is 22.9 Å². The van der Waals surface area contributed by atoms with Gasteiger partial charge in [-0.3, -0.25) is 18.9 Å². The molecule has 33 heavy (non-hydrogen) atoms. The molecule has 1 aliphatic heterocycles. The van der Waals surface area contributed by atoms with Gasteiger partial charge in [-0.2, -0.15) is 0 Å². The highest BCUT2D eigenvalue weighted by Gasteiger charge is 2.20. The van der Waals surface area contributed by atoms with Gasteiger partial charge in [-0.25, -0.2) is 8.42 Å². The number of halogens is 1. The van der Waals surface area contributed by atoms with Crippen molar-refractivity contribution in [3.05, 3.63) is 51.1 Å². The summed E-state index contributed by atoms with van der Waals surface area (Å²) in [5.74, 6) is 0.394. The number of carbonyl (C=O) groups is 1. The standard InChI is InChI=1S/C21H22ClN3O6S2/c1-30-18-5-2-14(12-16(18)22)23-33(28,29)15-3-4-17-19(13-15)32-21(27)25(17)7-6-20(26)24-8-10-31-11-9-24/h2-5,12-13,23H,6-11H2,1H3. The van der Waals surface area contributed by atoms with Crippen LogP contribution in [0.25, 0.3) is 10.2 Å². The molecular formula is C21H22ClN3O6S2. The largest absolute Gasteiger partial charge is 0.495 e. The highest BCUT2D eigenvalue weighted by molar-refractivity contribution is 7.92. The Hall–Kier alpha value is -2.60. The van der Waals surface area contributed by atoms with Gasteiger partial charge in [0.15, 0.2) is 0 Å². The number of nitrogens with one attached hydrogen (secondary N) is 1. The Labute approximate surface area is 199 Å². The summed E-state index contributed by atoms with van der Waals surface area (Å²) in [4.78, 5) is 26.4. The van der Waals surface area contributed by atoms with Gasteiger partial charge in [0.2, 0.25) is 5.91 Å². The van der Waals surface area contributed by atoms with Crippen molar-refractivity contribution in [2.24, 2.45) is 0 Å². The summed E-state index contributed by atoms with van der Waals surface area (Å²) in [6.45, 7) is 2.35.